The van der Waals surface area contributed by atoms with Gasteiger partial charge in [0.1, 0.15) is 5.82 Å². The maximum Gasteiger partial charge on any atom is 0.151 e. The van der Waals surface area contributed by atoms with E-state index in [2.05, 4.69) is 16.8 Å². The highest BCUT2D eigenvalue weighted by atomic mass is 16.5. The van der Waals surface area contributed by atoms with Crippen LogP contribution in [0.3, 0.4) is 0 Å². The summed E-state index contributed by atoms with van der Waals surface area (Å²) in [4.78, 5) is 17.3. The number of carbonyl (C=O) groups is 1. The molecule has 0 spiro atoms. The molecule has 4 heteroatoms. The molecule has 0 bridgehead atoms. The SMILES string of the molecule is CCC1CN(c2ncc(C=O)cc2C)CCO1. The Hall–Kier alpha value is -1.42. The van der Waals surface area contributed by atoms with E-state index >= 15 is 0 Å². The Morgan fingerprint density at radius 2 is 2.47 bits per heavy atom. The summed E-state index contributed by atoms with van der Waals surface area (Å²) in [5, 5.41) is 0. The van der Waals surface area contributed by atoms with Crippen molar-refractivity contribution >= 4 is 12.1 Å². The van der Waals surface area contributed by atoms with Gasteiger partial charge in [0, 0.05) is 24.8 Å². The maximum atomic E-state index is 10.7. The molecule has 0 saturated carbocycles. The standard InChI is InChI=1S/C13H18N2O2/c1-3-12-8-15(4-5-17-12)13-10(2)6-11(9-16)7-14-13/h6-7,9,12H,3-5,8H2,1-2H3. The number of morpholine rings is 1. The lowest BCUT2D eigenvalue weighted by Crippen LogP contribution is -2.42. The molecule has 0 aromatic carbocycles. The van der Waals surface area contributed by atoms with E-state index in [1.807, 2.05) is 13.0 Å². The number of nitrogens with zero attached hydrogens (tertiary/aromatic N) is 2. The molecule has 92 valence electrons. The van der Waals surface area contributed by atoms with Crippen LogP contribution < -0.4 is 4.90 Å². The van der Waals surface area contributed by atoms with E-state index in [9.17, 15) is 4.79 Å². The van der Waals surface area contributed by atoms with Gasteiger partial charge in [0.05, 0.1) is 12.7 Å². The second kappa shape index (κ2) is 5.27. The van der Waals surface area contributed by atoms with Crippen molar-refractivity contribution in [1.82, 2.24) is 4.98 Å². The number of aromatic nitrogens is 1. The smallest absolute Gasteiger partial charge is 0.151 e. The maximum absolute atomic E-state index is 10.7. The van der Waals surface area contributed by atoms with Crippen LogP contribution in [0.15, 0.2) is 12.3 Å². The molecule has 17 heavy (non-hydrogen) atoms. The van der Waals surface area contributed by atoms with Crippen LogP contribution in [-0.4, -0.2) is 37.1 Å². The molecular weight excluding hydrogens is 216 g/mol. The zero-order valence-electron chi connectivity index (χ0n) is 10.3. The predicted molar refractivity (Wildman–Crippen MR) is 66.6 cm³/mol. The molecule has 1 fully saturated rings. The molecule has 1 aromatic heterocycles. The Morgan fingerprint density at radius 3 is 3.12 bits per heavy atom. The van der Waals surface area contributed by atoms with E-state index in [0.717, 1.165) is 43.8 Å². The number of anilines is 1. The van der Waals surface area contributed by atoms with Gasteiger partial charge < -0.3 is 9.64 Å². The number of ether oxygens (including phenoxy) is 1. The van der Waals surface area contributed by atoms with Crippen molar-refractivity contribution in [3.05, 3.63) is 23.4 Å². The molecule has 4 nitrogen and oxygen atoms in total. The molecule has 0 aliphatic carbocycles. The lowest BCUT2D eigenvalue weighted by molar-refractivity contribution is 0.0381. The van der Waals surface area contributed by atoms with Crippen LogP contribution in [0.5, 0.6) is 0 Å². The third-order valence-corrected chi connectivity index (χ3v) is 3.10. The minimum absolute atomic E-state index is 0.288. The van der Waals surface area contributed by atoms with Gasteiger partial charge in [-0.15, -0.1) is 0 Å². The number of pyridine rings is 1. The van der Waals surface area contributed by atoms with Crippen LogP contribution in [-0.2, 0) is 4.74 Å². The average Bonchev–Trinajstić information content (AvgIpc) is 2.38. The fourth-order valence-electron chi connectivity index (χ4n) is 2.14. The molecule has 2 rings (SSSR count). The predicted octanol–water partition coefficient (Wildman–Crippen LogP) is 1.82. The summed E-state index contributed by atoms with van der Waals surface area (Å²) in [6.07, 6.45) is 3.77. The molecule has 1 aliphatic heterocycles. The van der Waals surface area contributed by atoms with Gasteiger partial charge >= 0.3 is 0 Å². The van der Waals surface area contributed by atoms with Gasteiger partial charge in [-0.25, -0.2) is 4.98 Å². The summed E-state index contributed by atoms with van der Waals surface area (Å²) in [6.45, 7) is 6.61. The number of aldehydes is 1. The van der Waals surface area contributed by atoms with E-state index in [1.54, 1.807) is 6.20 Å². The molecular formula is C13H18N2O2. The molecule has 1 saturated heterocycles. The van der Waals surface area contributed by atoms with Gasteiger partial charge in [-0.1, -0.05) is 6.92 Å². The topological polar surface area (TPSA) is 42.4 Å². The van der Waals surface area contributed by atoms with Crippen LogP contribution in [0.25, 0.3) is 0 Å². The van der Waals surface area contributed by atoms with Crippen LogP contribution in [0, 0.1) is 6.92 Å². The van der Waals surface area contributed by atoms with Gasteiger partial charge in [0.2, 0.25) is 0 Å². The van der Waals surface area contributed by atoms with Gasteiger partial charge in [-0.3, -0.25) is 4.79 Å². The van der Waals surface area contributed by atoms with E-state index in [1.165, 1.54) is 0 Å². The highest BCUT2D eigenvalue weighted by molar-refractivity contribution is 5.75. The largest absolute Gasteiger partial charge is 0.375 e. The van der Waals surface area contributed by atoms with Crippen molar-refractivity contribution in [3.8, 4) is 0 Å². The summed E-state index contributed by atoms with van der Waals surface area (Å²) >= 11 is 0. The lowest BCUT2D eigenvalue weighted by Gasteiger charge is -2.34. The summed E-state index contributed by atoms with van der Waals surface area (Å²) < 4.78 is 5.64. The summed E-state index contributed by atoms with van der Waals surface area (Å²) in [7, 11) is 0. The highest BCUT2D eigenvalue weighted by Gasteiger charge is 2.21. The van der Waals surface area contributed by atoms with Crippen molar-refractivity contribution in [3.63, 3.8) is 0 Å². The van der Waals surface area contributed by atoms with Crippen molar-refractivity contribution < 1.29 is 9.53 Å². The number of hydrogen-bond acceptors (Lipinski definition) is 4. The molecule has 1 atom stereocenters. The van der Waals surface area contributed by atoms with Gasteiger partial charge in [0.15, 0.2) is 6.29 Å². The van der Waals surface area contributed by atoms with Crippen molar-refractivity contribution in [1.29, 1.82) is 0 Å². The van der Waals surface area contributed by atoms with Crippen LogP contribution >= 0.6 is 0 Å². The minimum Gasteiger partial charge on any atom is -0.375 e. The fraction of sp³-hybridized carbons (Fsp3) is 0.538. The second-order valence-corrected chi connectivity index (χ2v) is 4.37. The first-order valence-corrected chi connectivity index (χ1v) is 6.03. The molecule has 0 radical (unpaired) electrons. The molecule has 0 amide bonds. The average molecular weight is 234 g/mol. The monoisotopic (exact) mass is 234 g/mol. The van der Waals surface area contributed by atoms with Crippen LogP contribution in [0.2, 0.25) is 0 Å². The van der Waals surface area contributed by atoms with E-state index in [4.69, 9.17) is 4.74 Å². The highest BCUT2D eigenvalue weighted by Crippen LogP contribution is 2.20. The Bertz CT molecular complexity index is 406. The first-order chi connectivity index (χ1) is 8.24. The van der Waals surface area contributed by atoms with Crippen molar-refractivity contribution in [2.75, 3.05) is 24.6 Å². The summed E-state index contributed by atoms with van der Waals surface area (Å²) in [5.74, 6) is 0.970. The first-order valence-electron chi connectivity index (χ1n) is 6.03. The summed E-state index contributed by atoms with van der Waals surface area (Å²) in [6, 6.07) is 1.88. The molecule has 1 unspecified atom stereocenters. The van der Waals surface area contributed by atoms with E-state index in [0.29, 0.717) is 5.56 Å². The second-order valence-electron chi connectivity index (χ2n) is 4.37. The third kappa shape index (κ3) is 2.64. The van der Waals surface area contributed by atoms with Crippen LogP contribution in [0.4, 0.5) is 5.82 Å². The fourth-order valence-corrected chi connectivity index (χ4v) is 2.14. The van der Waals surface area contributed by atoms with E-state index < -0.39 is 0 Å². The summed E-state index contributed by atoms with van der Waals surface area (Å²) in [5.41, 5.74) is 1.68. The number of rotatable bonds is 3. The lowest BCUT2D eigenvalue weighted by atomic mass is 10.1. The molecule has 1 aromatic rings. The van der Waals surface area contributed by atoms with Crippen LogP contribution in [0.1, 0.15) is 29.3 Å². The van der Waals surface area contributed by atoms with Gasteiger partial charge in [-0.2, -0.15) is 0 Å². The van der Waals surface area contributed by atoms with Crippen molar-refractivity contribution in [2.24, 2.45) is 0 Å². The number of hydrogen-bond donors (Lipinski definition) is 0. The van der Waals surface area contributed by atoms with Gasteiger partial charge in [-0.05, 0) is 25.0 Å². The van der Waals surface area contributed by atoms with E-state index in [-0.39, 0.29) is 6.10 Å². The Morgan fingerprint density at radius 1 is 1.65 bits per heavy atom. The Balaban J connectivity index is 2.18. The van der Waals surface area contributed by atoms with Crippen molar-refractivity contribution in [2.45, 2.75) is 26.4 Å². The normalized spacial score (nSPS) is 20.4. The first kappa shape index (κ1) is 12.0. The zero-order valence-corrected chi connectivity index (χ0v) is 10.3. The minimum atomic E-state index is 0.288. The van der Waals surface area contributed by atoms with Gasteiger partial charge in [0.25, 0.3) is 0 Å². The molecule has 2 heterocycles. The number of carbonyl (C=O) groups excluding carboxylic acids is 1. The zero-order chi connectivity index (χ0) is 12.3. The molecule has 1 aliphatic rings. The number of aryl methyl sites for hydroxylation is 1. The Kier molecular flexibility index (Phi) is 3.74. The quantitative estimate of drug-likeness (QED) is 0.748. The third-order valence-electron chi connectivity index (χ3n) is 3.10. The Labute approximate surface area is 102 Å². The molecule has 0 N–H and O–H groups in total.